The minimum absolute atomic E-state index is 0.263. The summed E-state index contributed by atoms with van der Waals surface area (Å²) in [6.07, 6.45) is 1.71. The molecule has 1 fully saturated rings. The molecule has 1 aliphatic heterocycles. The Labute approximate surface area is 144 Å². The molecular weight excluding hydrogens is 326 g/mol. The molecule has 24 heavy (non-hydrogen) atoms. The monoisotopic (exact) mass is 353 g/mol. The molecule has 0 unspecified atom stereocenters. The second-order valence-corrected chi connectivity index (χ2v) is 8.48. The van der Waals surface area contributed by atoms with E-state index in [2.05, 4.69) is 17.0 Å². The van der Waals surface area contributed by atoms with E-state index in [1.807, 2.05) is 32.9 Å². The van der Waals surface area contributed by atoms with Gasteiger partial charge in [0.1, 0.15) is 0 Å². The largest absolute Gasteiger partial charge is 0.324 e. The van der Waals surface area contributed by atoms with E-state index in [-0.39, 0.29) is 12.5 Å². The zero-order valence-electron chi connectivity index (χ0n) is 14.8. The van der Waals surface area contributed by atoms with Crippen LogP contribution < -0.4 is 10.0 Å². The quantitative estimate of drug-likeness (QED) is 0.851. The Bertz CT molecular complexity index is 685. The van der Waals surface area contributed by atoms with E-state index in [4.69, 9.17) is 0 Å². The Hall–Kier alpha value is -1.44. The molecule has 1 heterocycles. The zero-order chi connectivity index (χ0) is 17.9. The Morgan fingerprint density at radius 1 is 1.17 bits per heavy atom. The molecule has 1 aromatic rings. The first-order valence-electron chi connectivity index (χ1n) is 8.31. The normalized spacial score (nSPS) is 17.0. The lowest BCUT2D eigenvalue weighted by Gasteiger charge is -2.29. The summed E-state index contributed by atoms with van der Waals surface area (Å²) >= 11 is 0. The van der Waals surface area contributed by atoms with Gasteiger partial charge in [-0.15, -0.1) is 0 Å². The lowest BCUT2D eigenvalue weighted by Crippen LogP contribution is -2.46. The van der Waals surface area contributed by atoms with Crippen LogP contribution in [0.15, 0.2) is 12.1 Å². The zero-order valence-corrected chi connectivity index (χ0v) is 15.7. The molecular formula is C17H27N3O3S. The Balaban J connectivity index is 1.94. The fourth-order valence-corrected chi connectivity index (χ4v) is 4.22. The number of nitrogens with zero attached hydrogens (tertiary/aromatic N) is 1. The van der Waals surface area contributed by atoms with Crippen LogP contribution >= 0.6 is 0 Å². The minimum Gasteiger partial charge on any atom is -0.324 e. The third kappa shape index (κ3) is 4.78. The summed E-state index contributed by atoms with van der Waals surface area (Å²) in [5.41, 5.74) is 3.81. The van der Waals surface area contributed by atoms with Crippen LogP contribution in [0.3, 0.4) is 0 Å². The summed E-state index contributed by atoms with van der Waals surface area (Å²) in [5, 5.41) is 2.80. The third-order valence-electron chi connectivity index (χ3n) is 4.44. The first-order valence-corrected chi connectivity index (χ1v) is 9.75. The molecule has 1 aliphatic rings. The van der Waals surface area contributed by atoms with E-state index in [1.54, 1.807) is 0 Å². The number of aryl methyl sites for hydroxylation is 3. The van der Waals surface area contributed by atoms with E-state index in [0.717, 1.165) is 35.2 Å². The van der Waals surface area contributed by atoms with Gasteiger partial charge in [0.25, 0.3) is 10.2 Å². The van der Waals surface area contributed by atoms with Crippen LogP contribution in [0.4, 0.5) is 5.69 Å². The van der Waals surface area contributed by atoms with Gasteiger partial charge >= 0.3 is 0 Å². The molecule has 7 heteroatoms. The smallest absolute Gasteiger partial charge is 0.279 e. The highest BCUT2D eigenvalue weighted by Gasteiger charge is 2.26. The first kappa shape index (κ1) is 18.9. The molecule has 1 saturated heterocycles. The number of hydrogen-bond acceptors (Lipinski definition) is 3. The summed E-state index contributed by atoms with van der Waals surface area (Å²) < 4.78 is 28.3. The van der Waals surface area contributed by atoms with Gasteiger partial charge in [0, 0.05) is 18.8 Å². The molecule has 2 rings (SSSR count). The SMILES string of the molecule is Cc1cc(C)c(NC(=O)CNS(=O)(=O)N2CCC(C)CC2)c(C)c1. The van der Waals surface area contributed by atoms with Crippen molar-refractivity contribution in [2.75, 3.05) is 25.0 Å². The molecule has 0 atom stereocenters. The maximum absolute atomic E-state index is 12.3. The van der Waals surface area contributed by atoms with Gasteiger partial charge in [0.15, 0.2) is 0 Å². The van der Waals surface area contributed by atoms with Crippen molar-refractivity contribution in [2.24, 2.45) is 5.92 Å². The molecule has 0 spiro atoms. The van der Waals surface area contributed by atoms with Gasteiger partial charge in [0.05, 0.1) is 6.54 Å². The highest BCUT2D eigenvalue weighted by atomic mass is 32.2. The molecule has 1 amide bonds. The van der Waals surface area contributed by atoms with Crippen molar-refractivity contribution in [2.45, 2.75) is 40.5 Å². The van der Waals surface area contributed by atoms with E-state index < -0.39 is 10.2 Å². The fourth-order valence-electron chi connectivity index (χ4n) is 3.03. The van der Waals surface area contributed by atoms with Gasteiger partial charge in [-0.3, -0.25) is 4.79 Å². The second-order valence-electron chi connectivity index (χ2n) is 6.73. The highest BCUT2D eigenvalue weighted by Crippen LogP contribution is 2.22. The summed E-state index contributed by atoms with van der Waals surface area (Å²) in [7, 11) is -3.60. The van der Waals surface area contributed by atoms with Crippen LogP contribution in [0.5, 0.6) is 0 Å². The lowest BCUT2D eigenvalue weighted by molar-refractivity contribution is -0.115. The van der Waals surface area contributed by atoms with Crippen LogP contribution in [0, 0.1) is 26.7 Å². The molecule has 134 valence electrons. The maximum Gasteiger partial charge on any atom is 0.279 e. The summed E-state index contributed by atoms with van der Waals surface area (Å²) in [6, 6.07) is 3.98. The highest BCUT2D eigenvalue weighted by molar-refractivity contribution is 7.87. The number of carbonyl (C=O) groups excluding carboxylic acids is 1. The van der Waals surface area contributed by atoms with E-state index in [9.17, 15) is 13.2 Å². The van der Waals surface area contributed by atoms with Gasteiger partial charge in [-0.2, -0.15) is 17.4 Å². The van der Waals surface area contributed by atoms with Crippen molar-refractivity contribution in [3.8, 4) is 0 Å². The maximum atomic E-state index is 12.3. The standard InChI is InChI=1S/C17H27N3O3S/c1-12-5-7-20(8-6-12)24(22,23)18-11-16(21)19-17-14(3)9-13(2)10-15(17)4/h9-10,12,18H,5-8,11H2,1-4H3,(H,19,21). The van der Waals surface area contributed by atoms with E-state index in [1.165, 1.54) is 4.31 Å². The van der Waals surface area contributed by atoms with E-state index in [0.29, 0.717) is 19.0 Å². The van der Waals surface area contributed by atoms with Crippen LogP contribution in [-0.2, 0) is 15.0 Å². The second kappa shape index (κ2) is 7.63. The molecule has 0 aromatic heterocycles. The number of nitrogens with one attached hydrogen (secondary N) is 2. The van der Waals surface area contributed by atoms with Crippen molar-refractivity contribution >= 4 is 21.8 Å². The number of benzene rings is 1. The van der Waals surface area contributed by atoms with Crippen LogP contribution in [0.2, 0.25) is 0 Å². The van der Waals surface area contributed by atoms with Crippen molar-refractivity contribution in [3.05, 3.63) is 28.8 Å². The number of amides is 1. The number of rotatable bonds is 5. The van der Waals surface area contributed by atoms with Gasteiger partial charge in [-0.25, -0.2) is 0 Å². The summed E-state index contributed by atoms with van der Waals surface area (Å²) in [6.45, 7) is 8.73. The molecule has 0 radical (unpaired) electrons. The third-order valence-corrected chi connectivity index (χ3v) is 5.99. The van der Waals surface area contributed by atoms with Crippen LogP contribution in [0.25, 0.3) is 0 Å². The minimum atomic E-state index is -3.60. The first-order chi connectivity index (χ1) is 11.2. The molecule has 2 N–H and O–H groups in total. The summed E-state index contributed by atoms with van der Waals surface area (Å²) in [5.74, 6) is 0.186. The number of piperidine rings is 1. The average molecular weight is 353 g/mol. The van der Waals surface area contributed by atoms with Gasteiger partial charge in [-0.1, -0.05) is 24.6 Å². The molecule has 1 aromatic carbocycles. The van der Waals surface area contributed by atoms with Gasteiger partial charge in [0.2, 0.25) is 5.91 Å². The number of carbonyl (C=O) groups is 1. The van der Waals surface area contributed by atoms with Crippen molar-refractivity contribution in [1.82, 2.24) is 9.03 Å². The molecule has 0 bridgehead atoms. The van der Waals surface area contributed by atoms with Gasteiger partial charge < -0.3 is 5.32 Å². The van der Waals surface area contributed by atoms with Crippen LogP contribution in [-0.4, -0.2) is 38.3 Å². The van der Waals surface area contributed by atoms with Crippen molar-refractivity contribution < 1.29 is 13.2 Å². The van der Waals surface area contributed by atoms with E-state index >= 15 is 0 Å². The average Bonchev–Trinajstić information content (AvgIpc) is 2.49. The number of hydrogen-bond donors (Lipinski definition) is 2. The molecule has 0 saturated carbocycles. The Morgan fingerprint density at radius 2 is 1.71 bits per heavy atom. The predicted molar refractivity (Wildman–Crippen MR) is 96.2 cm³/mol. The fraction of sp³-hybridized carbons (Fsp3) is 0.588. The number of anilines is 1. The molecule has 0 aliphatic carbocycles. The van der Waals surface area contributed by atoms with Gasteiger partial charge in [-0.05, 0) is 50.7 Å². The lowest BCUT2D eigenvalue weighted by atomic mass is 10.0. The topological polar surface area (TPSA) is 78.5 Å². The Kier molecular flexibility index (Phi) is 6.01. The van der Waals surface area contributed by atoms with Crippen LogP contribution in [0.1, 0.15) is 36.5 Å². The molecule has 6 nitrogen and oxygen atoms in total. The Morgan fingerprint density at radius 3 is 2.25 bits per heavy atom. The van der Waals surface area contributed by atoms with Crippen molar-refractivity contribution in [1.29, 1.82) is 0 Å². The predicted octanol–water partition coefficient (Wildman–Crippen LogP) is 2.12. The summed E-state index contributed by atoms with van der Waals surface area (Å²) in [4.78, 5) is 12.1. The van der Waals surface area contributed by atoms with Crippen molar-refractivity contribution in [3.63, 3.8) is 0 Å².